The molecule has 8 heteroatoms. The van der Waals surface area contributed by atoms with Crippen molar-refractivity contribution in [3.05, 3.63) is 40.7 Å². The lowest BCUT2D eigenvalue weighted by Gasteiger charge is -2.11. The number of ether oxygens (including phenoxy) is 1. The van der Waals surface area contributed by atoms with Crippen LogP contribution in [0.5, 0.6) is 0 Å². The van der Waals surface area contributed by atoms with Crippen molar-refractivity contribution in [2.24, 2.45) is 0 Å². The van der Waals surface area contributed by atoms with Crippen LogP contribution in [0.4, 0.5) is 10.2 Å². The standard InChI is InChI=1S/C19H23FN4O2S/c1-12-16(18(25)23(2)3)27-19-22-15(13-6-8-14(20)9-7-13)17(24(12)19)21-10-5-11-26-4/h6-9,21H,5,10-11H2,1-4H3. The van der Waals surface area contributed by atoms with Crippen LogP contribution in [-0.2, 0) is 4.74 Å². The lowest BCUT2D eigenvalue weighted by Crippen LogP contribution is -2.21. The van der Waals surface area contributed by atoms with Crippen LogP contribution in [0.1, 0.15) is 21.8 Å². The Balaban J connectivity index is 2.08. The molecule has 0 saturated carbocycles. The molecule has 3 aromatic rings. The Morgan fingerprint density at radius 1 is 1.33 bits per heavy atom. The largest absolute Gasteiger partial charge is 0.385 e. The third-order valence-electron chi connectivity index (χ3n) is 4.24. The van der Waals surface area contributed by atoms with Crippen LogP contribution in [-0.4, -0.2) is 54.5 Å². The number of nitrogens with one attached hydrogen (secondary N) is 1. The first-order valence-electron chi connectivity index (χ1n) is 8.66. The van der Waals surface area contributed by atoms with Gasteiger partial charge >= 0.3 is 0 Å². The summed E-state index contributed by atoms with van der Waals surface area (Å²) in [6.45, 7) is 3.26. The predicted octanol–water partition coefficient (Wildman–Crippen LogP) is 3.66. The minimum atomic E-state index is -0.288. The molecule has 0 aliphatic carbocycles. The van der Waals surface area contributed by atoms with Gasteiger partial charge in [-0.05, 0) is 37.6 Å². The molecule has 1 aromatic carbocycles. The minimum Gasteiger partial charge on any atom is -0.385 e. The molecule has 0 aliphatic heterocycles. The Kier molecular flexibility index (Phi) is 5.76. The van der Waals surface area contributed by atoms with Crippen LogP contribution in [0.2, 0.25) is 0 Å². The van der Waals surface area contributed by atoms with Crippen molar-refractivity contribution in [2.75, 3.05) is 39.7 Å². The number of fused-ring (bicyclic) bond motifs is 1. The molecule has 0 unspecified atom stereocenters. The highest BCUT2D eigenvalue weighted by molar-refractivity contribution is 7.19. The van der Waals surface area contributed by atoms with Crippen molar-refractivity contribution in [2.45, 2.75) is 13.3 Å². The molecule has 0 fully saturated rings. The summed E-state index contributed by atoms with van der Waals surface area (Å²) < 4.78 is 20.4. The summed E-state index contributed by atoms with van der Waals surface area (Å²) in [7, 11) is 5.14. The number of imidazole rings is 1. The maximum absolute atomic E-state index is 13.3. The molecule has 1 N–H and O–H groups in total. The second-order valence-electron chi connectivity index (χ2n) is 6.42. The predicted molar refractivity (Wildman–Crippen MR) is 106 cm³/mol. The molecule has 0 bridgehead atoms. The number of nitrogens with zero attached hydrogens (tertiary/aromatic N) is 3. The number of methoxy groups -OCH3 is 1. The number of carbonyl (C=O) groups excluding carboxylic acids is 1. The second-order valence-corrected chi connectivity index (χ2v) is 7.40. The average molecular weight is 390 g/mol. The van der Waals surface area contributed by atoms with Gasteiger partial charge in [-0.2, -0.15) is 0 Å². The summed E-state index contributed by atoms with van der Waals surface area (Å²) in [4.78, 5) is 20.1. The van der Waals surface area contributed by atoms with Crippen molar-refractivity contribution in [1.29, 1.82) is 0 Å². The van der Waals surface area contributed by atoms with Gasteiger partial charge in [0.25, 0.3) is 5.91 Å². The Bertz CT molecular complexity index is 947. The first-order chi connectivity index (χ1) is 12.9. The number of halogens is 1. The maximum Gasteiger partial charge on any atom is 0.265 e. The molecule has 0 aliphatic rings. The van der Waals surface area contributed by atoms with Gasteiger partial charge in [0.2, 0.25) is 0 Å². The van der Waals surface area contributed by atoms with Crippen molar-refractivity contribution >= 4 is 28.0 Å². The van der Waals surface area contributed by atoms with Crippen LogP contribution in [0, 0.1) is 12.7 Å². The summed E-state index contributed by atoms with van der Waals surface area (Å²) in [6.07, 6.45) is 0.833. The van der Waals surface area contributed by atoms with Crippen LogP contribution in [0.25, 0.3) is 16.2 Å². The number of hydrogen-bond donors (Lipinski definition) is 1. The van der Waals surface area contributed by atoms with Gasteiger partial charge in [-0.25, -0.2) is 9.37 Å². The lowest BCUT2D eigenvalue weighted by molar-refractivity contribution is 0.0831. The van der Waals surface area contributed by atoms with Crippen LogP contribution in [0.15, 0.2) is 24.3 Å². The van der Waals surface area contributed by atoms with E-state index in [-0.39, 0.29) is 11.7 Å². The van der Waals surface area contributed by atoms with E-state index in [1.807, 2.05) is 11.3 Å². The Morgan fingerprint density at radius 3 is 2.67 bits per heavy atom. The van der Waals surface area contributed by atoms with Crippen LogP contribution in [0.3, 0.4) is 0 Å². The highest BCUT2D eigenvalue weighted by atomic mass is 32.1. The zero-order chi connectivity index (χ0) is 19.6. The van der Waals surface area contributed by atoms with Gasteiger partial charge < -0.3 is 15.0 Å². The Hall–Kier alpha value is -2.45. The molecule has 0 saturated heterocycles. The summed E-state index contributed by atoms with van der Waals surface area (Å²) in [5.41, 5.74) is 2.40. The van der Waals surface area contributed by atoms with Gasteiger partial charge in [0.15, 0.2) is 4.96 Å². The van der Waals surface area contributed by atoms with Crippen molar-refractivity contribution in [3.63, 3.8) is 0 Å². The van der Waals surface area contributed by atoms with Crippen molar-refractivity contribution in [1.82, 2.24) is 14.3 Å². The molecule has 6 nitrogen and oxygen atoms in total. The molecule has 0 atom stereocenters. The maximum atomic E-state index is 13.3. The summed E-state index contributed by atoms with van der Waals surface area (Å²) >= 11 is 1.36. The summed E-state index contributed by atoms with van der Waals surface area (Å²) in [5, 5.41) is 3.41. The number of benzene rings is 1. The van der Waals surface area contributed by atoms with Crippen LogP contribution >= 0.6 is 11.3 Å². The zero-order valence-corrected chi connectivity index (χ0v) is 16.7. The van der Waals surface area contributed by atoms with Gasteiger partial charge in [-0.3, -0.25) is 9.20 Å². The van der Waals surface area contributed by atoms with E-state index in [0.29, 0.717) is 18.0 Å². The van der Waals surface area contributed by atoms with E-state index in [2.05, 4.69) is 5.32 Å². The fraction of sp³-hybridized carbons (Fsp3) is 0.368. The highest BCUT2D eigenvalue weighted by Gasteiger charge is 2.23. The van der Waals surface area contributed by atoms with E-state index >= 15 is 0 Å². The molecule has 2 aromatic heterocycles. The quantitative estimate of drug-likeness (QED) is 0.626. The van der Waals surface area contributed by atoms with Crippen LogP contribution < -0.4 is 5.32 Å². The number of anilines is 1. The first kappa shape index (κ1) is 19.3. The minimum absolute atomic E-state index is 0.0448. The number of aromatic nitrogens is 2. The Labute approximate surface area is 161 Å². The SMILES string of the molecule is COCCCNc1c(-c2ccc(F)cc2)nc2sc(C(=O)N(C)C)c(C)n12. The molecule has 3 rings (SSSR count). The molecular weight excluding hydrogens is 367 g/mol. The van der Waals surface area contributed by atoms with Gasteiger partial charge in [0.05, 0.1) is 0 Å². The Morgan fingerprint density at radius 2 is 2.04 bits per heavy atom. The van der Waals surface area contributed by atoms with Gasteiger partial charge in [0, 0.05) is 45.6 Å². The molecule has 0 radical (unpaired) electrons. The monoisotopic (exact) mass is 390 g/mol. The molecular formula is C19H23FN4O2S. The van der Waals surface area contributed by atoms with Gasteiger partial charge in [-0.1, -0.05) is 11.3 Å². The zero-order valence-electron chi connectivity index (χ0n) is 15.9. The van der Waals surface area contributed by atoms with E-state index in [4.69, 9.17) is 9.72 Å². The third-order valence-corrected chi connectivity index (χ3v) is 5.37. The lowest BCUT2D eigenvalue weighted by atomic mass is 10.1. The molecule has 1 amide bonds. The summed E-state index contributed by atoms with van der Waals surface area (Å²) in [6, 6.07) is 6.27. The van der Waals surface area contributed by atoms with Gasteiger partial charge in [-0.15, -0.1) is 0 Å². The first-order valence-corrected chi connectivity index (χ1v) is 9.48. The number of carbonyl (C=O) groups is 1. The molecule has 0 spiro atoms. The molecule has 27 heavy (non-hydrogen) atoms. The fourth-order valence-electron chi connectivity index (χ4n) is 2.84. The van der Waals surface area contributed by atoms with E-state index < -0.39 is 0 Å². The van der Waals surface area contributed by atoms with E-state index in [1.54, 1.807) is 38.2 Å². The third kappa shape index (κ3) is 3.81. The number of thiazole rings is 1. The highest BCUT2D eigenvalue weighted by Crippen LogP contribution is 2.35. The number of amides is 1. The summed E-state index contributed by atoms with van der Waals surface area (Å²) in [5.74, 6) is 0.473. The van der Waals surface area contributed by atoms with Gasteiger partial charge in [0.1, 0.15) is 22.2 Å². The fourth-order valence-corrected chi connectivity index (χ4v) is 3.99. The number of aryl methyl sites for hydroxylation is 1. The van der Waals surface area contributed by atoms with E-state index in [1.165, 1.54) is 23.5 Å². The van der Waals surface area contributed by atoms with E-state index in [9.17, 15) is 9.18 Å². The topological polar surface area (TPSA) is 58.9 Å². The van der Waals surface area contributed by atoms with Crippen molar-refractivity contribution in [3.8, 4) is 11.3 Å². The number of hydrogen-bond acceptors (Lipinski definition) is 5. The number of rotatable bonds is 7. The molecule has 144 valence electrons. The second kappa shape index (κ2) is 8.06. The molecule has 2 heterocycles. The van der Waals surface area contributed by atoms with Crippen molar-refractivity contribution < 1.29 is 13.9 Å². The normalized spacial score (nSPS) is 11.1. The average Bonchev–Trinajstić information content (AvgIpc) is 3.16. The van der Waals surface area contributed by atoms with E-state index in [0.717, 1.165) is 34.2 Å². The smallest absolute Gasteiger partial charge is 0.265 e.